The number of hydrogen-bond donors (Lipinski definition) is 0. The van der Waals surface area contributed by atoms with E-state index < -0.39 is 0 Å². The van der Waals surface area contributed by atoms with Gasteiger partial charge in [0, 0.05) is 5.75 Å². The Bertz CT molecular complexity index is 718. The van der Waals surface area contributed by atoms with Crippen LogP contribution in [0.15, 0.2) is 47.0 Å². The summed E-state index contributed by atoms with van der Waals surface area (Å²) in [5.74, 6) is 2.33. The molecule has 1 atom stereocenters. The lowest BCUT2D eigenvalue weighted by Gasteiger charge is -2.09. The third-order valence-electron chi connectivity index (χ3n) is 3.26. The van der Waals surface area contributed by atoms with Gasteiger partial charge in [0.1, 0.15) is 0 Å². The molecule has 2 aromatic carbocycles. The molecule has 1 heterocycles. The van der Waals surface area contributed by atoms with Crippen LogP contribution in [0.1, 0.15) is 29.5 Å². The van der Waals surface area contributed by atoms with Crippen molar-refractivity contribution in [3.63, 3.8) is 0 Å². The molecule has 3 nitrogen and oxygen atoms in total. The first kappa shape index (κ1) is 13.2. The van der Waals surface area contributed by atoms with Crippen LogP contribution >= 0.6 is 11.8 Å². The summed E-state index contributed by atoms with van der Waals surface area (Å²) < 4.78 is 5.22. The molecule has 0 spiro atoms. The molecular weight excluding hydrogens is 268 g/mol. The van der Waals surface area contributed by atoms with Crippen LogP contribution in [-0.4, -0.2) is 10.1 Å². The standard InChI is InChI=1S/C16H16N2OS/c1-11(16-17-12(2)18-19-16)20-10-14-8-5-7-13-6-3-4-9-15(13)14/h3-9,11H,10H2,1-2H3. The fourth-order valence-corrected chi connectivity index (χ4v) is 3.10. The third kappa shape index (κ3) is 2.70. The van der Waals surface area contributed by atoms with Gasteiger partial charge in [-0.3, -0.25) is 0 Å². The van der Waals surface area contributed by atoms with Crippen molar-refractivity contribution in [1.29, 1.82) is 0 Å². The van der Waals surface area contributed by atoms with Crippen molar-refractivity contribution in [3.05, 3.63) is 59.7 Å². The Morgan fingerprint density at radius 3 is 2.75 bits per heavy atom. The van der Waals surface area contributed by atoms with Crippen LogP contribution in [-0.2, 0) is 5.75 Å². The van der Waals surface area contributed by atoms with Gasteiger partial charge in [0.2, 0.25) is 5.89 Å². The van der Waals surface area contributed by atoms with E-state index in [0.29, 0.717) is 11.7 Å². The monoisotopic (exact) mass is 284 g/mol. The first-order valence-electron chi connectivity index (χ1n) is 6.62. The zero-order valence-corrected chi connectivity index (χ0v) is 12.4. The van der Waals surface area contributed by atoms with Gasteiger partial charge in [0.25, 0.3) is 0 Å². The van der Waals surface area contributed by atoms with E-state index in [9.17, 15) is 0 Å². The van der Waals surface area contributed by atoms with Crippen molar-refractivity contribution < 1.29 is 4.52 Å². The number of aryl methyl sites for hydroxylation is 1. The Labute approximate surface area is 122 Å². The molecule has 1 unspecified atom stereocenters. The number of nitrogens with zero attached hydrogens (tertiary/aromatic N) is 2. The Kier molecular flexibility index (Phi) is 3.74. The molecule has 0 fully saturated rings. The van der Waals surface area contributed by atoms with Crippen LogP contribution in [0.3, 0.4) is 0 Å². The normalized spacial score (nSPS) is 12.7. The maximum atomic E-state index is 5.22. The van der Waals surface area contributed by atoms with E-state index in [1.165, 1.54) is 16.3 Å². The number of hydrogen-bond acceptors (Lipinski definition) is 4. The van der Waals surface area contributed by atoms with Gasteiger partial charge in [0.15, 0.2) is 5.82 Å². The van der Waals surface area contributed by atoms with Crippen molar-refractivity contribution in [1.82, 2.24) is 10.1 Å². The van der Waals surface area contributed by atoms with Crippen LogP contribution in [0, 0.1) is 6.92 Å². The number of benzene rings is 2. The molecule has 3 aromatic rings. The second kappa shape index (κ2) is 5.67. The first-order chi connectivity index (χ1) is 9.74. The number of fused-ring (bicyclic) bond motifs is 1. The summed E-state index contributed by atoms with van der Waals surface area (Å²) in [4.78, 5) is 4.29. The first-order valence-corrected chi connectivity index (χ1v) is 7.67. The van der Waals surface area contributed by atoms with Crippen molar-refractivity contribution >= 4 is 22.5 Å². The molecule has 0 saturated heterocycles. The lowest BCUT2D eigenvalue weighted by atomic mass is 10.1. The average Bonchev–Trinajstić information content (AvgIpc) is 2.91. The minimum atomic E-state index is 0.204. The highest BCUT2D eigenvalue weighted by Crippen LogP contribution is 2.32. The van der Waals surface area contributed by atoms with Crippen LogP contribution in [0.25, 0.3) is 10.8 Å². The summed E-state index contributed by atoms with van der Waals surface area (Å²) in [5.41, 5.74) is 1.34. The Morgan fingerprint density at radius 1 is 1.15 bits per heavy atom. The van der Waals surface area contributed by atoms with E-state index in [2.05, 4.69) is 59.5 Å². The van der Waals surface area contributed by atoms with Gasteiger partial charge in [0.05, 0.1) is 5.25 Å². The van der Waals surface area contributed by atoms with Gasteiger partial charge in [-0.05, 0) is 30.2 Å². The fourth-order valence-electron chi connectivity index (χ4n) is 2.18. The quantitative estimate of drug-likeness (QED) is 0.705. The maximum absolute atomic E-state index is 5.22. The van der Waals surface area contributed by atoms with E-state index in [-0.39, 0.29) is 5.25 Å². The summed E-state index contributed by atoms with van der Waals surface area (Å²) in [6.45, 7) is 3.94. The second-order valence-corrected chi connectivity index (χ2v) is 6.10. The summed E-state index contributed by atoms with van der Waals surface area (Å²) in [6.07, 6.45) is 0. The summed E-state index contributed by atoms with van der Waals surface area (Å²) in [7, 11) is 0. The highest BCUT2D eigenvalue weighted by molar-refractivity contribution is 7.98. The molecule has 0 amide bonds. The Balaban J connectivity index is 1.77. The number of thioether (sulfide) groups is 1. The van der Waals surface area contributed by atoms with Crippen LogP contribution in [0.5, 0.6) is 0 Å². The zero-order valence-electron chi connectivity index (χ0n) is 11.5. The zero-order chi connectivity index (χ0) is 13.9. The molecule has 0 N–H and O–H groups in total. The molecule has 0 radical (unpaired) electrons. The fraction of sp³-hybridized carbons (Fsp3) is 0.250. The van der Waals surface area contributed by atoms with E-state index in [0.717, 1.165) is 5.75 Å². The molecule has 3 rings (SSSR count). The van der Waals surface area contributed by atoms with Gasteiger partial charge < -0.3 is 4.52 Å². The lowest BCUT2D eigenvalue weighted by Crippen LogP contribution is -1.91. The minimum Gasteiger partial charge on any atom is -0.338 e. The smallest absolute Gasteiger partial charge is 0.239 e. The Morgan fingerprint density at radius 2 is 1.95 bits per heavy atom. The van der Waals surface area contributed by atoms with E-state index in [1.807, 2.05) is 18.7 Å². The lowest BCUT2D eigenvalue weighted by molar-refractivity contribution is 0.376. The Hall–Kier alpha value is -1.81. The largest absolute Gasteiger partial charge is 0.338 e. The van der Waals surface area contributed by atoms with Gasteiger partial charge in [-0.1, -0.05) is 47.6 Å². The van der Waals surface area contributed by atoms with Crippen LogP contribution in [0.2, 0.25) is 0 Å². The van der Waals surface area contributed by atoms with Gasteiger partial charge >= 0.3 is 0 Å². The molecule has 20 heavy (non-hydrogen) atoms. The number of rotatable bonds is 4. The molecule has 102 valence electrons. The molecule has 1 aromatic heterocycles. The highest BCUT2D eigenvalue weighted by Gasteiger charge is 2.13. The molecule has 4 heteroatoms. The van der Waals surface area contributed by atoms with Gasteiger partial charge in [-0.2, -0.15) is 4.98 Å². The molecule has 0 saturated carbocycles. The topological polar surface area (TPSA) is 38.9 Å². The summed E-state index contributed by atoms with van der Waals surface area (Å²) in [6, 6.07) is 14.9. The molecule has 0 bridgehead atoms. The molecular formula is C16H16N2OS. The van der Waals surface area contributed by atoms with Crippen molar-refractivity contribution in [2.75, 3.05) is 0 Å². The predicted molar refractivity (Wildman–Crippen MR) is 82.7 cm³/mol. The van der Waals surface area contributed by atoms with Crippen LogP contribution < -0.4 is 0 Å². The SMILES string of the molecule is Cc1noc(C(C)SCc2cccc3ccccc23)n1. The molecule has 0 aliphatic rings. The van der Waals surface area contributed by atoms with Crippen molar-refractivity contribution in [3.8, 4) is 0 Å². The molecule has 0 aliphatic carbocycles. The molecule has 0 aliphatic heterocycles. The summed E-state index contributed by atoms with van der Waals surface area (Å²) >= 11 is 1.81. The van der Waals surface area contributed by atoms with Gasteiger partial charge in [-0.15, -0.1) is 11.8 Å². The maximum Gasteiger partial charge on any atom is 0.239 e. The van der Waals surface area contributed by atoms with Gasteiger partial charge in [-0.25, -0.2) is 0 Å². The number of aromatic nitrogens is 2. The highest BCUT2D eigenvalue weighted by atomic mass is 32.2. The van der Waals surface area contributed by atoms with Crippen molar-refractivity contribution in [2.24, 2.45) is 0 Å². The van der Waals surface area contributed by atoms with E-state index >= 15 is 0 Å². The predicted octanol–water partition coefficient (Wildman–Crippen LogP) is 4.53. The minimum absolute atomic E-state index is 0.204. The van der Waals surface area contributed by atoms with E-state index in [1.54, 1.807) is 0 Å². The van der Waals surface area contributed by atoms with E-state index in [4.69, 9.17) is 4.52 Å². The summed E-state index contributed by atoms with van der Waals surface area (Å²) in [5, 5.41) is 6.65. The second-order valence-electron chi connectivity index (χ2n) is 4.77. The van der Waals surface area contributed by atoms with Crippen molar-refractivity contribution in [2.45, 2.75) is 24.9 Å². The van der Waals surface area contributed by atoms with Crippen LogP contribution in [0.4, 0.5) is 0 Å². The third-order valence-corrected chi connectivity index (χ3v) is 4.44. The average molecular weight is 284 g/mol.